The molecule has 0 saturated carbocycles. The highest BCUT2D eigenvalue weighted by molar-refractivity contribution is 8.11. The summed E-state index contributed by atoms with van der Waals surface area (Å²) in [7, 11) is -2.70. The zero-order chi connectivity index (χ0) is 27.1. The van der Waals surface area contributed by atoms with E-state index in [0.717, 1.165) is 15.9 Å². The Morgan fingerprint density at radius 2 is 1.08 bits per heavy atom. The summed E-state index contributed by atoms with van der Waals surface area (Å²) in [5, 5.41) is 6.11. The van der Waals surface area contributed by atoms with Gasteiger partial charge in [-0.1, -0.05) is 72.8 Å². The normalized spacial score (nSPS) is 14.3. The molecule has 4 aromatic rings. The van der Waals surface area contributed by atoms with Crippen molar-refractivity contribution in [2.75, 3.05) is 26.3 Å². The van der Waals surface area contributed by atoms with E-state index < -0.39 is 7.26 Å². The number of ether oxygens (including phenoxy) is 1. The Kier molecular flexibility index (Phi) is 8.58. The third kappa shape index (κ3) is 5.55. The van der Waals surface area contributed by atoms with E-state index >= 15 is 0 Å². The molecule has 5 nitrogen and oxygen atoms in total. The van der Waals surface area contributed by atoms with Crippen LogP contribution in [0.1, 0.15) is 10.4 Å². The molecule has 0 atom stereocenters. The van der Waals surface area contributed by atoms with Crippen molar-refractivity contribution in [1.82, 2.24) is 10.2 Å². The zero-order valence-corrected chi connectivity index (χ0v) is 23.2. The molecule has 0 radical (unpaired) electrons. The number of thiol groups is 1. The van der Waals surface area contributed by atoms with Crippen LogP contribution in [0.25, 0.3) is 0 Å². The van der Waals surface area contributed by atoms with Crippen LogP contribution in [0.5, 0.6) is 0 Å². The second-order valence-corrected chi connectivity index (χ2v) is 13.2. The van der Waals surface area contributed by atoms with Gasteiger partial charge in [-0.25, -0.2) is 0 Å². The Hall–Kier alpha value is -3.70. The third-order valence-electron chi connectivity index (χ3n) is 6.76. The molecule has 0 bridgehead atoms. The molecular weight excluding hydrogens is 523 g/mol. The van der Waals surface area contributed by atoms with Gasteiger partial charge in [0, 0.05) is 18.7 Å². The third-order valence-corrected chi connectivity index (χ3v) is 12.0. The summed E-state index contributed by atoms with van der Waals surface area (Å²) in [4.78, 5) is 29.5. The minimum atomic E-state index is -2.70. The molecule has 0 aliphatic carbocycles. The smallest absolute Gasteiger partial charge is 0.275 e. The molecule has 7 heteroatoms. The summed E-state index contributed by atoms with van der Waals surface area (Å²) in [6, 6.07) is 39.4. The van der Waals surface area contributed by atoms with E-state index in [1.54, 1.807) is 29.2 Å². The summed E-state index contributed by atoms with van der Waals surface area (Å²) in [5.74, 6) is -0.620. The molecule has 4 aromatic carbocycles. The first kappa shape index (κ1) is 26.9. The lowest BCUT2D eigenvalue weighted by molar-refractivity contribution is -0.131. The number of nitrogens with one attached hydrogen (secondary N) is 1. The largest absolute Gasteiger partial charge is 0.378 e. The van der Waals surface area contributed by atoms with Crippen molar-refractivity contribution < 1.29 is 14.3 Å². The van der Waals surface area contributed by atoms with Crippen molar-refractivity contribution in [2.45, 2.75) is 0 Å². The molecule has 196 valence electrons. The van der Waals surface area contributed by atoms with Crippen molar-refractivity contribution >= 4 is 47.6 Å². The van der Waals surface area contributed by atoms with E-state index in [2.05, 4.69) is 41.7 Å². The summed E-state index contributed by atoms with van der Waals surface area (Å²) >= 11 is 5.22. The molecule has 1 N–H and O–H groups in total. The zero-order valence-electron chi connectivity index (χ0n) is 21.4. The van der Waals surface area contributed by atoms with Crippen LogP contribution < -0.4 is 21.2 Å². The van der Waals surface area contributed by atoms with E-state index in [4.69, 9.17) is 17.4 Å². The number of amides is 2. The Balaban J connectivity index is 1.79. The maximum absolute atomic E-state index is 14.2. The van der Waals surface area contributed by atoms with Crippen LogP contribution in [0, 0.1) is 0 Å². The van der Waals surface area contributed by atoms with Crippen molar-refractivity contribution in [2.24, 2.45) is 0 Å². The Morgan fingerprint density at radius 3 is 1.51 bits per heavy atom. The van der Waals surface area contributed by atoms with Crippen LogP contribution in [0.3, 0.4) is 0 Å². The second kappa shape index (κ2) is 12.4. The fraction of sp³-hybridized carbons (Fsp3) is 0.125. The van der Waals surface area contributed by atoms with Crippen LogP contribution in [0.4, 0.5) is 0 Å². The standard InChI is InChI=1S/C32H29N2O3PS/c35-30(25-13-5-1-6-14-25)33-29(31(36)34-21-23-37-24-22-34)32(39)38(26-15-7-2-8-16-26,27-17-9-3-10-18-27)28-19-11-4-12-20-28/h1-20H,21-24H2,(H-,33,35,36,39)/p+1. The van der Waals surface area contributed by atoms with Gasteiger partial charge in [-0.2, -0.15) is 0 Å². The minimum absolute atomic E-state index is 0.193. The summed E-state index contributed by atoms with van der Waals surface area (Å²) in [6.07, 6.45) is 0. The summed E-state index contributed by atoms with van der Waals surface area (Å²) in [6.45, 7) is 1.78. The SMILES string of the molecule is O=C(N/C(C(=O)N1CCOCC1)=C(/S)[P+](c1ccccc1)(c1ccccc1)c1ccccc1)c1ccccc1. The van der Waals surface area contributed by atoms with Gasteiger partial charge in [0.1, 0.15) is 15.9 Å². The Bertz CT molecular complexity index is 1350. The monoisotopic (exact) mass is 553 g/mol. The molecule has 0 unspecified atom stereocenters. The van der Waals surface area contributed by atoms with Crippen molar-refractivity contribution in [3.05, 3.63) is 137 Å². The molecule has 1 aliphatic rings. The number of carbonyl (C=O) groups is 2. The van der Waals surface area contributed by atoms with Gasteiger partial charge in [0.15, 0.2) is 17.6 Å². The van der Waals surface area contributed by atoms with Crippen LogP contribution in [-0.2, 0) is 9.53 Å². The Labute approximate surface area is 235 Å². The van der Waals surface area contributed by atoms with Crippen LogP contribution in [-0.4, -0.2) is 43.0 Å². The molecule has 1 saturated heterocycles. The van der Waals surface area contributed by atoms with Crippen molar-refractivity contribution in [3.8, 4) is 0 Å². The van der Waals surface area contributed by atoms with Gasteiger partial charge in [-0.15, -0.1) is 12.6 Å². The number of hydrogen-bond donors (Lipinski definition) is 2. The van der Waals surface area contributed by atoms with Gasteiger partial charge >= 0.3 is 0 Å². The topological polar surface area (TPSA) is 58.6 Å². The molecule has 0 aromatic heterocycles. The number of morpholine rings is 1. The van der Waals surface area contributed by atoms with Gasteiger partial charge in [-0.05, 0) is 48.5 Å². The molecule has 1 aliphatic heterocycles. The summed E-state index contributed by atoms with van der Waals surface area (Å²) in [5.41, 5.74) is 0.660. The van der Waals surface area contributed by atoms with Crippen molar-refractivity contribution in [1.29, 1.82) is 0 Å². The number of hydrogen-bond acceptors (Lipinski definition) is 4. The predicted octanol–water partition coefficient (Wildman–Crippen LogP) is 4.37. The lowest BCUT2D eigenvalue weighted by atomic mass is 10.2. The highest BCUT2D eigenvalue weighted by atomic mass is 32.1. The van der Waals surface area contributed by atoms with Crippen LogP contribution in [0.15, 0.2) is 132 Å². The first-order valence-electron chi connectivity index (χ1n) is 12.9. The Morgan fingerprint density at radius 1 is 0.667 bits per heavy atom. The number of rotatable bonds is 7. The van der Waals surface area contributed by atoms with Gasteiger partial charge in [0.25, 0.3) is 11.8 Å². The molecular formula is C32H30N2O3PS+. The number of benzene rings is 4. The number of carbonyl (C=O) groups excluding carboxylic acids is 2. The van der Waals surface area contributed by atoms with Gasteiger partial charge in [-0.3, -0.25) is 9.59 Å². The van der Waals surface area contributed by atoms with Crippen LogP contribution in [0.2, 0.25) is 0 Å². The lowest BCUT2D eigenvalue weighted by Crippen LogP contribution is -2.45. The molecule has 0 spiro atoms. The highest BCUT2D eigenvalue weighted by Gasteiger charge is 2.51. The van der Waals surface area contributed by atoms with Gasteiger partial charge in [0.2, 0.25) is 0 Å². The quantitative estimate of drug-likeness (QED) is 0.203. The molecule has 1 heterocycles. The minimum Gasteiger partial charge on any atom is -0.378 e. The molecule has 2 amide bonds. The fourth-order valence-corrected chi connectivity index (χ4v) is 10.0. The average Bonchev–Trinajstić information content (AvgIpc) is 3.02. The first-order valence-corrected chi connectivity index (χ1v) is 15.1. The van der Waals surface area contributed by atoms with Gasteiger partial charge in [0.05, 0.1) is 13.2 Å². The summed E-state index contributed by atoms with van der Waals surface area (Å²) < 4.78 is 6.05. The van der Waals surface area contributed by atoms with E-state index in [-0.39, 0.29) is 17.5 Å². The average molecular weight is 554 g/mol. The maximum Gasteiger partial charge on any atom is 0.275 e. The van der Waals surface area contributed by atoms with Crippen LogP contribution >= 0.6 is 19.9 Å². The predicted molar refractivity (Wildman–Crippen MR) is 162 cm³/mol. The fourth-order valence-electron chi connectivity index (χ4n) is 4.84. The van der Waals surface area contributed by atoms with E-state index in [1.165, 1.54) is 0 Å². The van der Waals surface area contributed by atoms with E-state index in [1.807, 2.05) is 60.7 Å². The second-order valence-electron chi connectivity index (χ2n) is 9.10. The maximum atomic E-state index is 14.2. The van der Waals surface area contributed by atoms with E-state index in [9.17, 15) is 9.59 Å². The van der Waals surface area contributed by atoms with E-state index in [0.29, 0.717) is 36.5 Å². The van der Waals surface area contributed by atoms with Gasteiger partial charge < -0.3 is 15.0 Å². The first-order chi connectivity index (χ1) is 19.1. The van der Waals surface area contributed by atoms with Crippen molar-refractivity contribution in [3.63, 3.8) is 0 Å². The lowest BCUT2D eigenvalue weighted by Gasteiger charge is -2.31. The number of nitrogens with zero attached hydrogens (tertiary/aromatic N) is 1. The molecule has 39 heavy (non-hydrogen) atoms. The molecule has 1 fully saturated rings. The highest BCUT2D eigenvalue weighted by Crippen LogP contribution is 2.64. The molecule has 5 rings (SSSR count).